The van der Waals surface area contributed by atoms with Crippen molar-refractivity contribution in [3.05, 3.63) is 113 Å². The number of ether oxygens (including phenoxy) is 4. The lowest BCUT2D eigenvalue weighted by atomic mass is 9.95. The Bertz CT molecular complexity index is 1740. The van der Waals surface area contributed by atoms with E-state index in [1.165, 1.54) is 0 Å². The fraction of sp³-hybridized carbons (Fsp3) is 0.314. The molecule has 0 aliphatic carbocycles. The number of rotatable bonds is 11. The van der Waals surface area contributed by atoms with Crippen molar-refractivity contribution in [1.82, 2.24) is 14.1 Å². The summed E-state index contributed by atoms with van der Waals surface area (Å²) in [6.45, 7) is 2.41. The highest BCUT2D eigenvalue weighted by Gasteiger charge is 2.27. The fourth-order valence-electron chi connectivity index (χ4n) is 5.90. The summed E-state index contributed by atoms with van der Waals surface area (Å²) in [6, 6.07) is 29.6. The van der Waals surface area contributed by atoms with E-state index >= 15 is 0 Å². The molecule has 1 aliphatic rings. The van der Waals surface area contributed by atoms with Gasteiger partial charge in [0.05, 0.1) is 11.0 Å². The Morgan fingerprint density at radius 2 is 1.43 bits per heavy atom. The molecule has 2 aromatic heterocycles. The first-order valence-corrected chi connectivity index (χ1v) is 14.9. The molecule has 0 bridgehead atoms. The second-order valence-corrected chi connectivity index (χ2v) is 11.0. The minimum atomic E-state index is -0.194. The number of aromatic nitrogens is 3. The SMILES string of the molecule is COC(OC)C1CCN(c2ccc3c(c2)n(-c2ccc(OCc4ccccc4)nc2OCc2ccccc2)c(=O)n3C)CC1. The first kappa shape index (κ1) is 29.5. The maximum atomic E-state index is 13.8. The summed E-state index contributed by atoms with van der Waals surface area (Å²) in [6.07, 6.45) is 1.72. The van der Waals surface area contributed by atoms with E-state index in [1.807, 2.05) is 72.8 Å². The van der Waals surface area contributed by atoms with Crippen LogP contribution in [-0.4, -0.2) is 47.7 Å². The van der Waals surface area contributed by atoms with Gasteiger partial charge in [-0.2, -0.15) is 4.98 Å². The second-order valence-electron chi connectivity index (χ2n) is 11.0. The lowest BCUT2D eigenvalue weighted by Gasteiger charge is -2.36. The molecule has 44 heavy (non-hydrogen) atoms. The Morgan fingerprint density at radius 1 is 0.795 bits per heavy atom. The summed E-state index contributed by atoms with van der Waals surface area (Å²) < 4.78 is 26.7. The third-order valence-electron chi connectivity index (χ3n) is 8.30. The summed E-state index contributed by atoms with van der Waals surface area (Å²) in [5, 5.41) is 0. The molecular weight excluding hydrogens is 556 g/mol. The van der Waals surface area contributed by atoms with E-state index in [0.717, 1.165) is 53.8 Å². The molecule has 9 heteroatoms. The molecule has 1 fully saturated rings. The van der Waals surface area contributed by atoms with E-state index in [2.05, 4.69) is 17.0 Å². The normalized spacial score (nSPS) is 14.0. The molecule has 0 spiro atoms. The molecule has 5 aromatic rings. The van der Waals surface area contributed by atoms with Crippen LogP contribution >= 0.6 is 0 Å². The molecule has 1 saturated heterocycles. The monoisotopic (exact) mass is 594 g/mol. The van der Waals surface area contributed by atoms with E-state index in [9.17, 15) is 4.79 Å². The Morgan fingerprint density at radius 3 is 2.07 bits per heavy atom. The first-order chi connectivity index (χ1) is 21.6. The number of benzene rings is 3. The van der Waals surface area contributed by atoms with Crippen molar-refractivity contribution in [2.75, 3.05) is 32.2 Å². The Balaban J connectivity index is 1.34. The van der Waals surface area contributed by atoms with Gasteiger partial charge in [0.2, 0.25) is 11.8 Å². The van der Waals surface area contributed by atoms with Crippen LogP contribution in [0.1, 0.15) is 24.0 Å². The maximum Gasteiger partial charge on any atom is 0.333 e. The third-order valence-corrected chi connectivity index (χ3v) is 8.30. The number of hydrogen-bond acceptors (Lipinski definition) is 7. The summed E-state index contributed by atoms with van der Waals surface area (Å²) in [5.74, 6) is 1.09. The van der Waals surface area contributed by atoms with Crippen LogP contribution in [-0.2, 0) is 29.7 Å². The lowest BCUT2D eigenvalue weighted by molar-refractivity contribution is -0.141. The van der Waals surface area contributed by atoms with Gasteiger partial charge in [0.25, 0.3) is 0 Å². The van der Waals surface area contributed by atoms with Gasteiger partial charge in [0, 0.05) is 52.0 Å². The van der Waals surface area contributed by atoms with Crippen molar-refractivity contribution in [2.45, 2.75) is 32.3 Å². The number of fused-ring (bicyclic) bond motifs is 1. The number of hydrogen-bond donors (Lipinski definition) is 0. The smallest absolute Gasteiger partial charge is 0.333 e. The summed E-state index contributed by atoms with van der Waals surface area (Å²) >= 11 is 0. The van der Waals surface area contributed by atoms with Crippen molar-refractivity contribution in [3.8, 4) is 17.4 Å². The van der Waals surface area contributed by atoms with Crippen molar-refractivity contribution in [3.63, 3.8) is 0 Å². The molecule has 0 atom stereocenters. The van der Waals surface area contributed by atoms with Crippen LogP contribution in [0.5, 0.6) is 11.8 Å². The van der Waals surface area contributed by atoms with E-state index in [0.29, 0.717) is 36.6 Å². The molecule has 3 aromatic carbocycles. The minimum Gasteiger partial charge on any atom is -0.473 e. The summed E-state index contributed by atoms with van der Waals surface area (Å²) in [5.41, 5.74) is 5.08. The number of pyridine rings is 1. The number of piperidine rings is 1. The molecule has 3 heterocycles. The van der Waals surface area contributed by atoms with Gasteiger partial charge in [0.15, 0.2) is 6.29 Å². The van der Waals surface area contributed by atoms with Gasteiger partial charge in [-0.15, -0.1) is 0 Å². The molecular formula is C35H38N4O5. The van der Waals surface area contributed by atoms with E-state index < -0.39 is 0 Å². The van der Waals surface area contributed by atoms with Crippen molar-refractivity contribution in [1.29, 1.82) is 0 Å². The number of methoxy groups -OCH3 is 2. The maximum absolute atomic E-state index is 13.8. The van der Waals surface area contributed by atoms with Crippen LogP contribution in [0.2, 0.25) is 0 Å². The van der Waals surface area contributed by atoms with E-state index in [4.69, 9.17) is 23.9 Å². The van der Waals surface area contributed by atoms with Crippen molar-refractivity contribution < 1.29 is 18.9 Å². The highest BCUT2D eigenvalue weighted by atomic mass is 16.7. The zero-order chi connectivity index (χ0) is 30.5. The van der Waals surface area contributed by atoms with Crippen LogP contribution in [0, 0.1) is 5.92 Å². The molecule has 6 rings (SSSR count). The lowest BCUT2D eigenvalue weighted by Crippen LogP contribution is -2.39. The standard InChI is InChI=1S/C35H38N4O5/c1-37-29-15-14-28(38-20-18-27(19-21-38)34(41-2)42-3)22-31(29)39(35(37)40)30-16-17-32(43-23-25-10-6-4-7-11-25)36-33(30)44-24-26-12-8-5-9-13-26/h4-17,22,27,34H,18-21,23-24H2,1-3H3. The predicted molar refractivity (Wildman–Crippen MR) is 171 cm³/mol. The molecule has 0 unspecified atom stereocenters. The highest BCUT2D eigenvalue weighted by Crippen LogP contribution is 2.32. The van der Waals surface area contributed by atoms with Gasteiger partial charge in [-0.1, -0.05) is 60.7 Å². The number of anilines is 1. The van der Waals surface area contributed by atoms with Gasteiger partial charge in [-0.25, -0.2) is 4.79 Å². The second kappa shape index (κ2) is 13.4. The van der Waals surface area contributed by atoms with Crippen LogP contribution in [0.4, 0.5) is 5.69 Å². The summed E-state index contributed by atoms with van der Waals surface area (Å²) in [7, 11) is 5.17. The van der Waals surface area contributed by atoms with Crippen molar-refractivity contribution in [2.24, 2.45) is 13.0 Å². The van der Waals surface area contributed by atoms with Crippen LogP contribution in [0.15, 0.2) is 95.8 Å². The van der Waals surface area contributed by atoms with Crippen LogP contribution < -0.4 is 20.1 Å². The van der Waals surface area contributed by atoms with Gasteiger partial charge in [0.1, 0.15) is 18.9 Å². The topological polar surface area (TPSA) is 80.0 Å². The third kappa shape index (κ3) is 6.20. The molecule has 0 saturated carbocycles. The Kier molecular flexibility index (Phi) is 8.95. The average Bonchev–Trinajstić information content (AvgIpc) is 3.33. The van der Waals surface area contributed by atoms with Gasteiger partial charge >= 0.3 is 5.69 Å². The highest BCUT2D eigenvalue weighted by molar-refractivity contribution is 5.82. The first-order valence-electron chi connectivity index (χ1n) is 14.9. The molecule has 0 N–H and O–H groups in total. The predicted octanol–water partition coefficient (Wildman–Crippen LogP) is 5.72. The quantitative estimate of drug-likeness (QED) is 0.181. The summed E-state index contributed by atoms with van der Waals surface area (Å²) in [4.78, 5) is 20.8. The van der Waals surface area contributed by atoms with Crippen LogP contribution in [0.3, 0.4) is 0 Å². The minimum absolute atomic E-state index is 0.178. The largest absolute Gasteiger partial charge is 0.473 e. The molecule has 0 radical (unpaired) electrons. The molecule has 9 nitrogen and oxygen atoms in total. The zero-order valence-corrected chi connectivity index (χ0v) is 25.4. The van der Waals surface area contributed by atoms with Gasteiger partial charge < -0.3 is 23.8 Å². The average molecular weight is 595 g/mol. The fourth-order valence-corrected chi connectivity index (χ4v) is 5.90. The molecule has 0 amide bonds. The van der Waals surface area contributed by atoms with E-state index in [-0.39, 0.29) is 12.0 Å². The Labute approximate surface area is 257 Å². The molecule has 1 aliphatic heterocycles. The van der Waals surface area contributed by atoms with Gasteiger partial charge in [-0.3, -0.25) is 9.13 Å². The van der Waals surface area contributed by atoms with E-state index in [1.54, 1.807) is 36.5 Å². The number of aryl methyl sites for hydroxylation is 1. The van der Waals surface area contributed by atoms with Gasteiger partial charge in [-0.05, 0) is 48.2 Å². The zero-order valence-electron chi connectivity index (χ0n) is 25.4. The number of nitrogens with zero attached hydrogens (tertiary/aromatic N) is 4. The van der Waals surface area contributed by atoms with Crippen LogP contribution in [0.25, 0.3) is 16.7 Å². The molecule has 228 valence electrons. The van der Waals surface area contributed by atoms with Crippen molar-refractivity contribution >= 4 is 16.7 Å². The number of imidazole rings is 1. The Hall–Kier alpha value is -4.60.